The maximum absolute atomic E-state index is 13.6. The molecule has 0 aromatic heterocycles. The first-order chi connectivity index (χ1) is 9.32. The van der Waals surface area contributed by atoms with E-state index in [1.54, 1.807) is 0 Å². The van der Waals surface area contributed by atoms with Crippen molar-refractivity contribution in [3.63, 3.8) is 0 Å². The molecule has 0 atom stereocenters. The third kappa shape index (κ3) is 2.68. The van der Waals surface area contributed by atoms with E-state index in [9.17, 15) is 26.7 Å². The third-order valence-corrected chi connectivity index (χ3v) is 2.71. The van der Waals surface area contributed by atoms with Crippen molar-refractivity contribution in [3.8, 4) is 11.1 Å². The van der Waals surface area contributed by atoms with Crippen molar-refractivity contribution in [1.82, 2.24) is 0 Å². The highest BCUT2D eigenvalue weighted by Crippen LogP contribution is 2.34. The van der Waals surface area contributed by atoms with Crippen molar-refractivity contribution in [2.24, 2.45) is 0 Å². The van der Waals surface area contributed by atoms with Gasteiger partial charge in [0.2, 0.25) is 0 Å². The molecule has 2 rings (SSSR count). The van der Waals surface area contributed by atoms with Crippen molar-refractivity contribution in [2.45, 2.75) is 6.18 Å². The topological polar surface area (TPSA) is 17.1 Å². The minimum absolute atomic E-state index is 0.0725. The van der Waals surface area contributed by atoms with Gasteiger partial charge in [0.1, 0.15) is 17.9 Å². The van der Waals surface area contributed by atoms with E-state index in [-0.39, 0.29) is 16.7 Å². The summed E-state index contributed by atoms with van der Waals surface area (Å²) in [6.45, 7) is 0. The minimum atomic E-state index is -4.81. The Morgan fingerprint density at radius 3 is 2.15 bits per heavy atom. The van der Waals surface area contributed by atoms with Gasteiger partial charge < -0.3 is 0 Å². The van der Waals surface area contributed by atoms with E-state index in [0.717, 1.165) is 18.2 Å². The number of alkyl halides is 3. The van der Waals surface area contributed by atoms with Crippen LogP contribution < -0.4 is 0 Å². The van der Waals surface area contributed by atoms with Crippen molar-refractivity contribution in [2.75, 3.05) is 0 Å². The molecule has 0 aliphatic heterocycles. The number of hydrogen-bond donors (Lipinski definition) is 0. The fourth-order valence-corrected chi connectivity index (χ4v) is 1.75. The Morgan fingerprint density at radius 2 is 1.60 bits per heavy atom. The van der Waals surface area contributed by atoms with Gasteiger partial charge in [-0.1, -0.05) is 6.07 Å². The summed E-state index contributed by atoms with van der Waals surface area (Å²) in [5.41, 5.74) is -1.49. The Morgan fingerprint density at radius 1 is 0.900 bits per heavy atom. The van der Waals surface area contributed by atoms with E-state index < -0.39 is 23.4 Å². The summed E-state index contributed by atoms with van der Waals surface area (Å²) in [6, 6.07) is 5.44. The van der Waals surface area contributed by atoms with Crippen LogP contribution in [0.2, 0.25) is 0 Å². The maximum atomic E-state index is 13.6. The van der Waals surface area contributed by atoms with Crippen LogP contribution in [0.4, 0.5) is 22.0 Å². The second kappa shape index (κ2) is 5.03. The van der Waals surface area contributed by atoms with Crippen LogP contribution in [0.15, 0.2) is 36.4 Å². The van der Waals surface area contributed by atoms with E-state index in [1.807, 2.05) is 0 Å². The first-order valence-corrected chi connectivity index (χ1v) is 5.45. The van der Waals surface area contributed by atoms with Crippen molar-refractivity contribution >= 4 is 6.29 Å². The Hall–Kier alpha value is -2.24. The van der Waals surface area contributed by atoms with Gasteiger partial charge in [-0.05, 0) is 35.9 Å². The van der Waals surface area contributed by atoms with Gasteiger partial charge >= 0.3 is 6.18 Å². The molecular weight excluding hydrogens is 279 g/mol. The SMILES string of the molecule is O=Cc1ccc(F)c(-c2ccc(C(F)(F)F)c(F)c2)c1. The molecule has 0 amide bonds. The highest BCUT2D eigenvalue weighted by Gasteiger charge is 2.34. The quantitative estimate of drug-likeness (QED) is 0.588. The van der Waals surface area contributed by atoms with Gasteiger partial charge in [-0.25, -0.2) is 8.78 Å². The smallest absolute Gasteiger partial charge is 0.298 e. The molecule has 0 unspecified atom stereocenters. The zero-order chi connectivity index (χ0) is 14.9. The predicted octanol–water partition coefficient (Wildman–Crippen LogP) is 4.46. The van der Waals surface area contributed by atoms with E-state index in [4.69, 9.17) is 0 Å². The second-order valence-corrected chi connectivity index (χ2v) is 4.05. The highest BCUT2D eigenvalue weighted by atomic mass is 19.4. The van der Waals surface area contributed by atoms with E-state index >= 15 is 0 Å². The number of benzene rings is 2. The molecule has 6 heteroatoms. The average molecular weight is 286 g/mol. The summed E-state index contributed by atoms with van der Waals surface area (Å²) < 4.78 is 64.3. The summed E-state index contributed by atoms with van der Waals surface area (Å²) in [5, 5.41) is 0. The first kappa shape index (κ1) is 14.2. The Balaban J connectivity index is 2.55. The molecule has 0 saturated carbocycles. The van der Waals surface area contributed by atoms with Gasteiger partial charge in [-0.15, -0.1) is 0 Å². The lowest BCUT2D eigenvalue weighted by atomic mass is 10.0. The largest absolute Gasteiger partial charge is 0.419 e. The molecule has 0 radical (unpaired) electrons. The molecule has 2 aromatic rings. The molecule has 0 saturated heterocycles. The van der Waals surface area contributed by atoms with Gasteiger partial charge in [0.25, 0.3) is 0 Å². The number of hydrogen-bond acceptors (Lipinski definition) is 1. The summed E-state index contributed by atoms with van der Waals surface area (Å²) in [5.74, 6) is -2.25. The molecule has 20 heavy (non-hydrogen) atoms. The van der Waals surface area contributed by atoms with Crippen LogP contribution in [0.3, 0.4) is 0 Å². The van der Waals surface area contributed by atoms with E-state index in [2.05, 4.69) is 0 Å². The molecule has 0 aliphatic carbocycles. The lowest BCUT2D eigenvalue weighted by Crippen LogP contribution is -2.08. The number of aldehydes is 1. The average Bonchev–Trinajstić information content (AvgIpc) is 2.37. The van der Waals surface area contributed by atoms with Crippen LogP contribution in [0.25, 0.3) is 11.1 Å². The zero-order valence-corrected chi connectivity index (χ0v) is 9.84. The number of rotatable bonds is 2. The van der Waals surface area contributed by atoms with Gasteiger partial charge in [-0.3, -0.25) is 4.79 Å². The number of carbonyl (C=O) groups excluding carboxylic acids is 1. The van der Waals surface area contributed by atoms with Crippen molar-refractivity contribution in [1.29, 1.82) is 0 Å². The van der Waals surface area contributed by atoms with Gasteiger partial charge in [0, 0.05) is 11.1 Å². The van der Waals surface area contributed by atoms with Gasteiger partial charge in [-0.2, -0.15) is 13.2 Å². The molecule has 0 fully saturated rings. The normalized spacial score (nSPS) is 11.4. The second-order valence-electron chi connectivity index (χ2n) is 4.05. The molecule has 1 nitrogen and oxygen atoms in total. The third-order valence-electron chi connectivity index (χ3n) is 2.71. The lowest BCUT2D eigenvalue weighted by Gasteiger charge is -2.10. The monoisotopic (exact) mass is 286 g/mol. The summed E-state index contributed by atoms with van der Waals surface area (Å²) in [6.07, 6.45) is -4.35. The van der Waals surface area contributed by atoms with E-state index in [1.165, 1.54) is 6.07 Å². The maximum Gasteiger partial charge on any atom is 0.419 e. The van der Waals surface area contributed by atoms with E-state index in [0.29, 0.717) is 18.4 Å². The minimum Gasteiger partial charge on any atom is -0.298 e. The fraction of sp³-hybridized carbons (Fsp3) is 0.0714. The molecule has 104 valence electrons. The molecular formula is C14H7F5O. The first-order valence-electron chi connectivity index (χ1n) is 5.45. The molecule has 0 heterocycles. The van der Waals surface area contributed by atoms with Crippen molar-refractivity contribution < 1.29 is 26.7 Å². The van der Waals surface area contributed by atoms with Crippen LogP contribution in [0, 0.1) is 11.6 Å². The zero-order valence-electron chi connectivity index (χ0n) is 9.84. The van der Waals surface area contributed by atoms with Gasteiger partial charge in [0.15, 0.2) is 0 Å². The van der Waals surface area contributed by atoms with Crippen LogP contribution in [-0.2, 0) is 6.18 Å². The number of carbonyl (C=O) groups is 1. The Bertz CT molecular complexity index is 661. The Kier molecular flexibility index (Phi) is 3.57. The molecule has 0 spiro atoms. The van der Waals surface area contributed by atoms with Crippen LogP contribution in [-0.4, -0.2) is 6.29 Å². The van der Waals surface area contributed by atoms with Crippen molar-refractivity contribution in [3.05, 3.63) is 59.2 Å². The molecule has 2 aromatic carbocycles. The molecule has 0 N–H and O–H groups in total. The fourth-order valence-electron chi connectivity index (χ4n) is 1.75. The lowest BCUT2D eigenvalue weighted by molar-refractivity contribution is -0.139. The number of halogens is 5. The predicted molar refractivity (Wildman–Crippen MR) is 62.2 cm³/mol. The molecule has 0 aliphatic rings. The summed E-state index contributed by atoms with van der Waals surface area (Å²) in [4.78, 5) is 10.6. The van der Waals surface area contributed by atoms with Gasteiger partial charge in [0.05, 0.1) is 5.56 Å². The Labute approximate surface area is 110 Å². The molecule has 0 bridgehead atoms. The van der Waals surface area contributed by atoms with Crippen LogP contribution in [0.1, 0.15) is 15.9 Å². The summed E-state index contributed by atoms with van der Waals surface area (Å²) in [7, 11) is 0. The van der Waals surface area contributed by atoms with Crippen LogP contribution >= 0.6 is 0 Å². The highest BCUT2D eigenvalue weighted by molar-refractivity contribution is 5.79. The standard InChI is InChI=1S/C14H7F5O/c15-12-4-1-8(7-20)5-10(12)9-2-3-11(13(16)6-9)14(17,18)19/h1-7H. The van der Waals surface area contributed by atoms with Crippen LogP contribution in [0.5, 0.6) is 0 Å². The summed E-state index contributed by atoms with van der Waals surface area (Å²) >= 11 is 0.